The predicted octanol–water partition coefficient (Wildman–Crippen LogP) is 1.49. The lowest BCUT2D eigenvalue weighted by atomic mass is 10.1. The summed E-state index contributed by atoms with van der Waals surface area (Å²) in [4.78, 5) is 0. The van der Waals surface area contributed by atoms with Crippen LogP contribution < -0.4 is 5.32 Å². The van der Waals surface area contributed by atoms with Gasteiger partial charge in [0.2, 0.25) is 0 Å². The summed E-state index contributed by atoms with van der Waals surface area (Å²) >= 11 is 6.04. The molecule has 1 N–H and O–H groups in total. The van der Waals surface area contributed by atoms with Crippen molar-refractivity contribution in [3.63, 3.8) is 0 Å². The summed E-state index contributed by atoms with van der Waals surface area (Å²) in [5, 5.41) is 12.4. The smallest absolute Gasteiger partial charge is 0.151 e. The highest BCUT2D eigenvalue weighted by Gasteiger charge is 2.27. The molecule has 0 amide bonds. The molecule has 0 spiro atoms. The number of rotatable bonds is 3. The highest BCUT2D eigenvalue weighted by atomic mass is 35.5. The van der Waals surface area contributed by atoms with E-state index >= 15 is 0 Å². The Balaban J connectivity index is 1.97. The lowest BCUT2D eigenvalue weighted by Gasteiger charge is -2.11. The van der Waals surface area contributed by atoms with Crippen molar-refractivity contribution < 1.29 is 8.42 Å². The van der Waals surface area contributed by atoms with E-state index in [1.807, 2.05) is 6.07 Å². The summed E-state index contributed by atoms with van der Waals surface area (Å²) in [7, 11) is -2.86. The average Bonchev–Trinajstić information content (AvgIpc) is 2.67. The molecule has 96 valence electrons. The maximum Gasteiger partial charge on any atom is 0.151 e. The lowest BCUT2D eigenvalue weighted by molar-refractivity contribution is 0.554. The highest BCUT2D eigenvalue weighted by Crippen LogP contribution is 2.18. The molecular weight excluding hydrogens is 272 g/mol. The maximum absolute atomic E-state index is 11.3. The van der Waals surface area contributed by atoms with Crippen molar-refractivity contribution in [3.05, 3.63) is 34.3 Å². The summed E-state index contributed by atoms with van der Waals surface area (Å²) in [5.74, 6) is 0.451. The largest absolute Gasteiger partial charge is 0.309 e. The quantitative estimate of drug-likeness (QED) is 0.913. The Morgan fingerprint density at radius 2 is 2.28 bits per heavy atom. The molecule has 18 heavy (non-hydrogen) atoms. The molecule has 0 aromatic heterocycles. The van der Waals surface area contributed by atoms with Crippen molar-refractivity contribution in [2.75, 3.05) is 11.5 Å². The van der Waals surface area contributed by atoms with E-state index in [1.165, 1.54) is 0 Å². The van der Waals surface area contributed by atoms with E-state index in [2.05, 4.69) is 5.32 Å². The second-order valence-corrected chi connectivity index (χ2v) is 7.03. The van der Waals surface area contributed by atoms with Crippen LogP contribution in [0.3, 0.4) is 0 Å². The second-order valence-electron chi connectivity index (χ2n) is 4.40. The van der Waals surface area contributed by atoms with Gasteiger partial charge in [-0.2, -0.15) is 5.26 Å². The number of nitrogens with zero attached hydrogens (tertiary/aromatic N) is 1. The average molecular weight is 285 g/mol. The first-order valence-corrected chi connectivity index (χ1v) is 7.82. The van der Waals surface area contributed by atoms with Crippen LogP contribution in [0, 0.1) is 11.3 Å². The van der Waals surface area contributed by atoms with Crippen LogP contribution >= 0.6 is 11.6 Å². The molecule has 1 atom stereocenters. The van der Waals surface area contributed by atoms with Crippen LogP contribution in [0.5, 0.6) is 0 Å². The molecule has 2 rings (SSSR count). The van der Waals surface area contributed by atoms with Crippen molar-refractivity contribution in [1.82, 2.24) is 5.32 Å². The standard InChI is InChI=1S/C12H13ClN2O2S/c13-12-5-9(6-14)1-2-10(12)7-15-11-3-4-18(16,17)8-11/h1-2,5,11,15H,3-4,7-8H2. The van der Waals surface area contributed by atoms with Crippen LogP contribution in [0.1, 0.15) is 17.5 Å². The zero-order valence-electron chi connectivity index (χ0n) is 9.69. The van der Waals surface area contributed by atoms with Gasteiger partial charge in [0.05, 0.1) is 23.1 Å². The summed E-state index contributed by atoms with van der Waals surface area (Å²) in [6, 6.07) is 7.13. The van der Waals surface area contributed by atoms with E-state index in [-0.39, 0.29) is 17.5 Å². The van der Waals surface area contributed by atoms with Gasteiger partial charge < -0.3 is 5.32 Å². The van der Waals surface area contributed by atoms with E-state index < -0.39 is 9.84 Å². The number of benzene rings is 1. The monoisotopic (exact) mass is 284 g/mol. The fraction of sp³-hybridized carbons (Fsp3) is 0.417. The molecule has 4 nitrogen and oxygen atoms in total. The van der Waals surface area contributed by atoms with Gasteiger partial charge in [0.15, 0.2) is 9.84 Å². The zero-order chi connectivity index (χ0) is 13.2. The number of nitriles is 1. The van der Waals surface area contributed by atoms with Crippen molar-refractivity contribution in [1.29, 1.82) is 5.26 Å². The Kier molecular flexibility index (Phi) is 3.91. The Labute approximate surface area is 111 Å². The molecule has 1 heterocycles. The highest BCUT2D eigenvalue weighted by molar-refractivity contribution is 7.91. The van der Waals surface area contributed by atoms with E-state index in [0.29, 0.717) is 23.6 Å². The Bertz CT molecular complexity index is 593. The van der Waals surface area contributed by atoms with E-state index in [4.69, 9.17) is 16.9 Å². The molecule has 1 unspecified atom stereocenters. The summed E-state index contributed by atoms with van der Waals surface area (Å²) in [5.41, 5.74) is 1.40. The van der Waals surface area contributed by atoms with Gasteiger partial charge in [-0.25, -0.2) is 8.42 Å². The topological polar surface area (TPSA) is 70.0 Å². The minimum atomic E-state index is -2.86. The zero-order valence-corrected chi connectivity index (χ0v) is 11.3. The Morgan fingerprint density at radius 3 is 2.83 bits per heavy atom. The molecule has 1 fully saturated rings. The molecule has 0 aliphatic carbocycles. The van der Waals surface area contributed by atoms with Crippen molar-refractivity contribution in [2.45, 2.75) is 19.0 Å². The third-order valence-corrected chi connectivity index (χ3v) is 5.12. The van der Waals surface area contributed by atoms with Crippen molar-refractivity contribution in [2.24, 2.45) is 0 Å². The third-order valence-electron chi connectivity index (χ3n) is 3.00. The number of hydrogen-bond acceptors (Lipinski definition) is 4. The Hall–Kier alpha value is -1.09. The molecule has 0 radical (unpaired) electrons. The number of hydrogen-bond donors (Lipinski definition) is 1. The first kappa shape index (κ1) is 13.3. The van der Waals surface area contributed by atoms with Crippen LogP contribution in [0.15, 0.2) is 18.2 Å². The van der Waals surface area contributed by atoms with Gasteiger partial charge in [-0.05, 0) is 24.1 Å². The molecular formula is C12H13ClN2O2S. The summed E-state index contributed by atoms with van der Waals surface area (Å²) in [6.45, 7) is 0.519. The molecule has 1 aromatic carbocycles. The Morgan fingerprint density at radius 1 is 1.50 bits per heavy atom. The van der Waals surface area contributed by atoms with Gasteiger partial charge in [-0.15, -0.1) is 0 Å². The molecule has 1 aliphatic rings. The van der Waals surface area contributed by atoms with Crippen LogP contribution in [-0.4, -0.2) is 26.0 Å². The summed E-state index contributed by atoms with van der Waals surface area (Å²) in [6.07, 6.45) is 0.649. The fourth-order valence-electron chi connectivity index (χ4n) is 1.97. The number of halogens is 1. The fourth-order valence-corrected chi connectivity index (χ4v) is 3.93. The molecule has 6 heteroatoms. The normalized spacial score (nSPS) is 21.7. The number of nitrogens with one attached hydrogen (secondary N) is 1. The van der Waals surface area contributed by atoms with Crippen LogP contribution in [0.4, 0.5) is 0 Å². The van der Waals surface area contributed by atoms with Gasteiger partial charge >= 0.3 is 0 Å². The van der Waals surface area contributed by atoms with E-state index in [0.717, 1.165) is 5.56 Å². The van der Waals surface area contributed by atoms with Crippen LogP contribution in [0.25, 0.3) is 0 Å². The molecule has 1 aliphatic heterocycles. The van der Waals surface area contributed by atoms with Crippen LogP contribution in [-0.2, 0) is 16.4 Å². The second kappa shape index (κ2) is 5.27. The van der Waals surface area contributed by atoms with Gasteiger partial charge in [0.1, 0.15) is 0 Å². The predicted molar refractivity (Wildman–Crippen MR) is 70.1 cm³/mol. The molecule has 0 saturated carbocycles. The van der Waals surface area contributed by atoms with E-state index in [9.17, 15) is 8.42 Å². The first-order valence-electron chi connectivity index (χ1n) is 5.62. The SMILES string of the molecule is N#Cc1ccc(CNC2CCS(=O)(=O)C2)c(Cl)c1. The molecule has 1 aromatic rings. The minimum absolute atomic E-state index is 0.00158. The van der Waals surface area contributed by atoms with Crippen molar-refractivity contribution in [3.8, 4) is 6.07 Å². The van der Waals surface area contributed by atoms with Crippen LogP contribution in [0.2, 0.25) is 5.02 Å². The maximum atomic E-state index is 11.3. The lowest BCUT2D eigenvalue weighted by Crippen LogP contribution is -2.29. The van der Waals surface area contributed by atoms with Gasteiger partial charge in [-0.3, -0.25) is 0 Å². The molecule has 0 bridgehead atoms. The molecule has 1 saturated heterocycles. The van der Waals surface area contributed by atoms with Gasteiger partial charge in [-0.1, -0.05) is 17.7 Å². The minimum Gasteiger partial charge on any atom is -0.309 e. The third kappa shape index (κ3) is 3.22. The van der Waals surface area contributed by atoms with Gasteiger partial charge in [0.25, 0.3) is 0 Å². The first-order chi connectivity index (χ1) is 8.50. The van der Waals surface area contributed by atoms with E-state index in [1.54, 1.807) is 18.2 Å². The van der Waals surface area contributed by atoms with Gasteiger partial charge in [0, 0.05) is 17.6 Å². The number of sulfone groups is 1. The van der Waals surface area contributed by atoms with Crippen molar-refractivity contribution >= 4 is 21.4 Å². The summed E-state index contributed by atoms with van der Waals surface area (Å²) < 4.78 is 22.6.